The lowest BCUT2D eigenvalue weighted by molar-refractivity contribution is -0.148. The maximum atomic E-state index is 13.5. The number of piperidine rings is 1. The van der Waals surface area contributed by atoms with Crippen LogP contribution in [0.2, 0.25) is 0 Å². The van der Waals surface area contributed by atoms with Gasteiger partial charge in [0, 0.05) is 19.0 Å². The molecule has 2 aliphatic rings. The van der Waals surface area contributed by atoms with Crippen molar-refractivity contribution in [3.63, 3.8) is 0 Å². The van der Waals surface area contributed by atoms with Crippen molar-refractivity contribution in [2.24, 2.45) is 5.92 Å². The maximum Gasteiger partial charge on any atom is 0.348 e. The van der Waals surface area contributed by atoms with Crippen LogP contribution in [0.5, 0.6) is 5.75 Å². The summed E-state index contributed by atoms with van der Waals surface area (Å²) in [6.07, 6.45) is -0.116. The minimum absolute atomic E-state index is 0.0537. The third-order valence-corrected chi connectivity index (χ3v) is 8.56. The van der Waals surface area contributed by atoms with E-state index in [0.29, 0.717) is 24.3 Å². The molecule has 1 fully saturated rings. The highest BCUT2D eigenvalue weighted by Crippen LogP contribution is 2.36. The van der Waals surface area contributed by atoms with Crippen molar-refractivity contribution in [2.75, 3.05) is 31.6 Å². The monoisotopic (exact) mass is 494 g/mol. The summed E-state index contributed by atoms with van der Waals surface area (Å²) in [4.78, 5) is 27.4. The van der Waals surface area contributed by atoms with Crippen LogP contribution >= 0.6 is 0 Å². The number of anilines is 1. The molecule has 0 spiro atoms. The molecule has 1 saturated heterocycles. The summed E-state index contributed by atoms with van der Waals surface area (Å²) >= 11 is 0. The molecule has 0 aromatic heterocycles. The van der Waals surface area contributed by atoms with E-state index >= 15 is 0 Å². The first-order valence-electron chi connectivity index (χ1n) is 11.5. The van der Waals surface area contributed by atoms with Gasteiger partial charge < -0.3 is 14.4 Å². The highest BCUT2D eigenvalue weighted by atomic mass is 32.2. The molecule has 1 atom stereocenters. The van der Waals surface area contributed by atoms with E-state index in [0.717, 1.165) is 10.8 Å². The SMILES string of the molecule is COC(=O)C1CN(C(=O)C2CCN(S(=O)(=O)c3ccc4ccccc4c3)CC2)c2ccccc2O1. The van der Waals surface area contributed by atoms with Gasteiger partial charge in [-0.1, -0.05) is 42.5 Å². The predicted octanol–water partition coefficient (Wildman–Crippen LogP) is 3.21. The van der Waals surface area contributed by atoms with Gasteiger partial charge in [-0.15, -0.1) is 0 Å². The first-order chi connectivity index (χ1) is 16.9. The van der Waals surface area contributed by atoms with E-state index in [9.17, 15) is 18.0 Å². The summed E-state index contributed by atoms with van der Waals surface area (Å²) in [7, 11) is -2.39. The maximum absolute atomic E-state index is 13.5. The minimum Gasteiger partial charge on any atom is -0.475 e. The van der Waals surface area contributed by atoms with Crippen molar-refractivity contribution in [1.82, 2.24) is 4.31 Å². The largest absolute Gasteiger partial charge is 0.475 e. The Kier molecular flexibility index (Phi) is 6.21. The number of nitrogens with zero attached hydrogens (tertiary/aromatic N) is 2. The number of amides is 1. The van der Waals surface area contributed by atoms with Crippen LogP contribution in [0.4, 0.5) is 5.69 Å². The van der Waals surface area contributed by atoms with Crippen LogP contribution in [0.1, 0.15) is 12.8 Å². The van der Waals surface area contributed by atoms with E-state index in [1.54, 1.807) is 41.3 Å². The van der Waals surface area contributed by atoms with E-state index < -0.39 is 22.1 Å². The molecule has 0 aliphatic carbocycles. The van der Waals surface area contributed by atoms with Gasteiger partial charge in [0.25, 0.3) is 0 Å². The Morgan fingerprint density at radius 1 is 0.943 bits per heavy atom. The normalized spacial score (nSPS) is 19.1. The lowest BCUT2D eigenvalue weighted by Crippen LogP contribution is -2.51. The van der Waals surface area contributed by atoms with Crippen LogP contribution in [-0.4, -0.2) is 57.4 Å². The number of para-hydroxylation sites is 2. The molecule has 0 radical (unpaired) electrons. The van der Waals surface area contributed by atoms with E-state index in [1.165, 1.54) is 11.4 Å². The summed E-state index contributed by atoms with van der Waals surface area (Å²) in [6, 6.07) is 19.8. The smallest absolute Gasteiger partial charge is 0.348 e. The van der Waals surface area contributed by atoms with Gasteiger partial charge in [-0.25, -0.2) is 13.2 Å². The standard InChI is InChI=1S/C26H26N2O6S/c1-33-26(30)24-17-28(22-8-4-5-9-23(22)34-24)25(29)19-12-14-27(15-13-19)35(31,32)21-11-10-18-6-2-3-7-20(18)16-21/h2-11,16,19,24H,12-15,17H2,1H3. The molecule has 8 nitrogen and oxygen atoms in total. The molecule has 0 saturated carbocycles. The van der Waals surface area contributed by atoms with Crippen LogP contribution in [0, 0.1) is 5.92 Å². The fourth-order valence-corrected chi connectivity index (χ4v) is 6.24. The molecule has 5 rings (SSSR count). The Morgan fingerprint density at radius 3 is 2.37 bits per heavy atom. The van der Waals surface area contributed by atoms with Crippen LogP contribution in [0.25, 0.3) is 10.8 Å². The number of esters is 1. The van der Waals surface area contributed by atoms with Crippen LogP contribution in [0.15, 0.2) is 71.6 Å². The molecule has 3 aromatic carbocycles. The number of carbonyl (C=O) groups is 2. The molecule has 2 heterocycles. The molecule has 0 bridgehead atoms. The number of fused-ring (bicyclic) bond motifs is 2. The molecule has 182 valence electrons. The van der Waals surface area contributed by atoms with Crippen LogP contribution in [-0.2, 0) is 24.3 Å². The number of methoxy groups -OCH3 is 1. The molecule has 1 unspecified atom stereocenters. The van der Waals surface area contributed by atoms with Gasteiger partial charge in [-0.3, -0.25) is 4.79 Å². The van der Waals surface area contributed by atoms with Gasteiger partial charge in [0.15, 0.2) is 0 Å². The Balaban J connectivity index is 1.31. The fraction of sp³-hybridized carbons (Fsp3) is 0.308. The number of hydrogen-bond acceptors (Lipinski definition) is 6. The summed E-state index contributed by atoms with van der Waals surface area (Å²) in [6.45, 7) is 0.550. The van der Waals surface area contributed by atoms with Gasteiger partial charge in [0.05, 0.1) is 24.2 Å². The number of ether oxygens (including phenoxy) is 2. The Labute approximate surface area is 204 Å². The molecule has 1 amide bonds. The predicted molar refractivity (Wildman–Crippen MR) is 131 cm³/mol. The van der Waals surface area contributed by atoms with E-state index in [1.807, 2.05) is 30.3 Å². The topological polar surface area (TPSA) is 93.2 Å². The lowest BCUT2D eigenvalue weighted by atomic mass is 9.95. The molecule has 3 aromatic rings. The highest BCUT2D eigenvalue weighted by Gasteiger charge is 2.39. The van der Waals surface area contributed by atoms with Crippen molar-refractivity contribution >= 4 is 38.4 Å². The molecular formula is C26H26N2O6S. The lowest BCUT2D eigenvalue weighted by Gasteiger charge is -2.37. The zero-order valence-corrected chi connectivity index (χ0v) is 20.1. The summed E-state index contributed by atoms with van der Waals surface area (Å²) < 4.78 is 38.6. The second kappa shape index (κ2) is 9.31. The molecular weight excluding hydrogens is 468 g/mol. The van der Waals surface area contributed by atoms with E-state index in [-0.39, 0.29) is 36.4 Å². The number of hydrogen-bond donors (Lipinski definition) is 0. The van der Waals surface area contributed by atoms with Crippen molar-refractivity contribution < 1.29 is 27.5 Å². The van der Waals surface area contributed by atoms with Gasteiger partial charge >= 0.3 is 5.97 Å². The Hall–Kier alpha value is -3.43. The fourth-order valence-electron chi connectivity index (χ4n) is 4.74. The molecule has 9 heteroatoms. The number of benzene rings is 3. The minimum atomic E-state index is -3.67. The zero-order chi connectivity index (χ0) is 24.6. The first-order valence-corrected chi connectivity index (χ1v) is 13.0. The van der Waals surface area contributed by atoms with Crippen molar-refractivity contribution in [1.29, 1.82) is 0 Å². The highest BCUT2D eigenvalue weighted by molar-refractivity contribution is 7.89. The van der Waals surface area contributed by atoms with Gasteiger partial charge in [0.2, 0.25) is 22.0 Å². The number of rotatable bonds is 4. The average molecular weight is 495 g/mol. The van der Waals surface area contributed by atoms with Gasteiger partial charge in [-0.2, -0.15) is 4.31 Å². The summed E-state index contributed by atoms with van der Waals surface area (Å²) in [5.41, 5.74) is 0.601. The first kappa shape index (κ1) is 23.3. The average Bonchev–Trinajstić information content (AvgIpc) is 2.91. The van der Waals surface area contributed by atoms with Crippen molar-refractivity contribution in [3.05, 3.63) is 66.7 Å². The summed E-state index contributed by atoms with van der Waals surface area (Å²) in [5, 5.41) is 1.84. The third-order valence-electron chi connectivity index (χ3n) is 6.67. The van der Waals surface area contributed by atoms with Crippen LogP contribution < -0.4 is 9.64 Å². The third kappa shape index (κ3) is 4.37. The van der Waals surface area contributed by atoms with E-state index in [4.69, 9.17) is 9.47 Å². The van der Waals surface area contributed by atoms with Gasteiger partial charge in [0.1, 0.15) is 5.75 Å². The van der Waals surface area contributed by atoms with Crippen molar-refractivity contribution in [2.45, 2.75) is 23.8 Å². The zero-order valence-electron chi connectivity index (χ0n) is 19.3. The number of sulfonamides is 1. The second-order valence-electron chi connectivity index (χ2n) is 8.73. The van der Waals surface area contributed by atoms with Crippen molar-refractivity contribution in [3.8, 4) is 5.75 Å². The molecule has 0 N–H and O–H groups in total. The quantitative estimate of drug-likeness (QED) is 0.517. The van der Waals surface area contributed by atoms with Gasteiger partial charge in [-0.05, 0) is 47.9 Å². The number of carbonyl (C=O) groups excluding carboxylic acids is 2. The molecule has 2 aliphatic heterocycles. The molecule has 35 heavy (non-hydrogen) atoms. The van der Waals surface area contributed by atoms with E-state index in [2.05, 4.69) is 0 Å². The summed E-state index contributed by atoms with van der Waals surface area (Å²) in [5.74, 6) is -0.604. The Bertz CT molecular complexity index is 1380. The Morgan fingerprint density at radius 2 is 1.63 bits per heavy atom. The second-order valence-corrected chi connectivity index (χ2v) is 10.7. The van der Waals surface area contributed by atoms with Crippen LogP contribution in [0.3, 0.4) is 0 Å².